The maximum absolute atomic E-state index is 11.2. The summed E-state index contributed by atoms with van der Waals surface area (Å²) in [6.07, 6.45) is 4.86. The Kier molecular flexibility index (Phi) is 3.92. The maximum Gasteiger partial charge on any atom is 0.306 e. The fourth-order valence-electron chi connectivity index (χ4n) is 3.38. The topological polar surface area (TPSA) is 43.8 Å². The second-order valence-corrected chi connectivity index (χ2v) is 5.78. The van der Waals surface area contributed by atoms with Gasteiger partial charge >= 0.3 is 5.97 Å². The summed E-state index contributed by atoms with van der Waals surface area (Å²) in [5.74, 6) is -0.800. The number of fused-ring (bicyclic) bond motifs is 1. The van der Waals surface area contributed by atoms with Crippen molar-refractivity contribution in [3.8, 4) is 0 Å². The summed E-state index contributed by atoms with van der Waals surface area (Å²) in [5, 5.41) is 13.9. The lowest BCUT2D eigenvalue weighted by atomic mass is 10.0. The van der Waals surface area contributed by atoms with Crippen LogP contribution in [0.25, 0.3) is 0 Å². The number of aryl methyl sites for hydroxylation is 1. The van der Waals surface area contributed by atoms with Crippen molar-refractivity contribution < 1.29 is 9.90 Å². The molecule has 2 aliphatic rings. The van der Waals surface area contributed by atoms with Crippen LogP contribution in [0.3, 0.4) is 0 Å². The highest BCUT2D eigenvalue weighted by atomic mass is 16.4. The number of carboxylic acids is 1. The second kappa shape index (κ2) is 5.83. The van der Waals surface area contributed by atoms with Crippen molar-refractivity contribution in [1.29, 1.82) is 0 Å². The van der Waals surface area contributed by atoms with E-state index in [1.54, 1.807) is 0 Å². The summed E-state index contributed by atoms with van der Waals surface area (Å²) in [4.78, 5) is 11.2. The van der Waals surface area contributed by atoms with E-state index in [4.69, 9.17) is 0 Å². The fraction of sp³-hybridized carbons (Fsp3) is 0.562. The quantitative estimate of drug-likeness (QED) is 0.900. The summed E-state index contributed by atoms with van der Waals surface area (Å²) >= 11 is 0. The highest BCUT2D eigenvalue weighted by Crippen LogP contribution is 2.29. The molecular weight excluding hydrogens is 252 g/mol. The number of carboxylic acid groups (broad SMARTS) is 1. The molecule has 4 heteroatoms. The second-order valence-electron chi connectivity index (χ2n) is 5.78. The molecule has 1 unspecified atom stereocenters. The average Bonchev–Trinajstić information content (AvgIpc) is 2.72. The van der Waals surface area contributed by atoms with Crippen LogP contribution < -0.4 is 5.01 Å². The van der Waals surface area contributed by atoms with Gasteiger partial charge in [-0.1, -0.05) is 18.2 Å². The molecule has 0 aliphatic carbocycles. The van der Waals surface area contributed by atoms with Crippen molar-refractivity contribution in [3.63, 3.8) is 0 Å². The molecule has 1 saturated heterocycles. The highest BCUT2D eigenvalue weighted by Gasteiger charge is 2.27. The van der Waals surface area contributed by atoms with Crippen LogP contribution in [0, 0.1) is 5.92 Å². The zero-order chi connectivity index (χ0) is 13.9. The molecule has 2 aliphatic heterocycles. The molecule has 1 aromatic carbocycles. The largest absolute Gasteiger partial charge is 0.481 e. The van der Waals surface area contributed by atoms with Gasteiger partial charge in [-0.05, 0) is 43.7 Å². The minimum Gasteiger partial charge on any atom is -0.481 e. The molecule has 0 radical (unpaired) electrons. The lowest BCUT2D eigenvalue weighted by Crippen LogP contribution is -2.46. The van der Waals surface area contributed by atoms with E-state index in [1.165, 1.54) is 17.7 Å². The summed E-state index contributed by atoms with van der Waals surface area (Å²) in [7, 11) is 0. The van der Waals surface area contributed by atoms with Crippen molar-refractivity contribution >= 4 is 11.7 Å². The zero-order valence-electron chi connectivity index (χ0n) is 11.8. The van der Waals surface area contributed by atoms with Crippen molar-refractivity contribution in [2.24, 2.45) is 5.92 Å². The Bertz CT molecular complexity index is 489. The van der Waals surface area contributed by atoms with E-state index >= 15 is 0 Å². The first-order valence-electron chi connectivity index (χ1n) is 7.59. The van der Waals surface area contributed by atoms with Crippen molar-refractivity contribution in [2.45, 2.75) is 32.1 Å². The van der Waals surface area contributed by atoms with E-state index in [2.05, 4.69) is 34.3 Å². The van der Waals surface area contributed by atoms with Gasteiger partial charge in [0.15, 0.2) is 0 Å². The van der Waals surface area contributed by atoms with E-state index in [-0.39, 0.29) is 5.92 Å². The van der Waals surface area contributed by atoms with Gasteiger partial charge in [-0.15, -0.1) is 0 Å². The lowest BCUT2D eigenvalue weighted by Gasteiger charge is -2.40. The van der Waals surface area contributed by atoms with Crippen LogP contribution in [0.1, 0.15) is 31.2 Å². The molecule has 0 amide bonds. The van der Waals surface area contributed by atoms with E-state index in [9.17, 15) is 9.90 Å². The number of carbonyl (C=O) groups is 1. The Hall–Kier alpha value is -1.55. The monoisotopic (exact) mass is 274 g/mol. The normalized spacial score (nSPS) is 24.0. The first-order chi connectivity index (χ1) is 9.75. The Balaban J connectivity index is 1.75. The summed E-state index contributed by atoms with van der Waals surface area (Å²) < 4.78 is 0. The summed E-state index contributed by atoms with van der Waals surface area (Å²) in [5.41, 5.74) is 2.73. The highest BCUT2D eigenvalue weighted by molar-refractivity contribution is 5.70. The Morgan fingerprint density at radius 1 is 1.10 bits per heavy atom. The number of benzene rings is 1. The number of hydrazine groups is 1. The van der Waals surface area contributed by atoms with E-state index in [1.807, 2.05) is 0 Å². The van der Waals surface area contributed by atoms with Gasteiger partial charge in [-0.2, -0.15) is 0 Å². The molecule has 108 valence electrons. The summed E-state index contributed by atoms with van der Waals surface area (Å²) in [6, 6.07) is 8.59. The third kappa shape index (κ3) is 2.66. The Morgan fingerprint density at radius 2 is 1.95 bits per heavy atom. The first-order valence-corrected chi connectivity index (χ1v) is 7.59. The molecule has 0 saturated carbocycles. The fourth-order valence-corrected chi connectivity index (χ4v) is 3.38. The van der Waals surface area contributed by atoms with Crippen LogP contribution in [0.4, 0.5) is 5.69 Å². The molecule has 1 N–H and O–H groups in total. The molecule has 4 nitrogen and oxygen atoms in total. The van der Waals surface area contributed by atoms with Crippen LogP contribution in [0.2, 0.25) is 0 Å². The Labute approximate surface area is 120 Å². The van der Waals surface area contributed by atoms with Crippen LogP contribution in [-0.4, -0.2) is 35.7 Å². The number of rotatable bonds is 2. The van der Waals surface area contributed by atoms with Gasteiger partial charge in [0.25, 0.3) is 0 Å². The minimum absolute atomic E-state index is 0.167. The standard InChI is InChI=1S/C16H22N2O2/c19-16(20)14-7-3-10-17(12-9-14)18-11-4-6-13-5-1-2-8-15(13)18/h1-2,5,8,14H,3-4,6-7,9-12H2,(H,19,20). The third-order valence-electron chi connectivity index (χ3n) is 4.48. The molecule has 0 aromatic heterocycles. The van der Waals surface area contributed by atoms with Crippen molar-refractivity contribution in [1.82, 2.24) is 5.01 Å². The predicted octanol–water partition coefficient (Wildman–Crippen LogP) is 2.54. The maximum atomic E-state index is 11.2. The van der Waals surface area contributed by atoms with Gasteiger partial charge in [0, 0.05) is 19.6 Å². The van der Waals surface area contributed by atoms with Crippen molar-refractivity contribution in [2.75, 3.05) is 24.6 Å². The van der Waals surface area contributed by atoms with Gasteiger partial charge < -0.3 is 10.1 Å². The third-order valence-corrected chi connectivity index (χ3v) is 4.48. The van der Waals surface area contributed by atoms with Crippen molar-refractivity contribution in [3.05, 3.63) is 29.8 Å². The smallest absolute Gasteiger partial charge is 0.306 e. The number of hydrogen-bond acceptors (Lipinski definition) is 3. The van der Waals surface area contributed by atoms with Crippen LogP contribution in [0.15, 0.2) is 24.3 Å². The number of anilines is 1. The zero-order valence-corrected chi connectivity index (χ0v) is 11.8. The van der Waals surface area contributed by atoms with Crippen LogP contribution >= 0.6 is 0 Å². The number of para-hydroxylation sites is 1. The van der Waals surface area contributed by atoms with E-state index in [0.29, 0.717) is 0 Å². The molecule has 20 heavy (non-hydrogen) atoms. The van der Waals surface area contributed by atoms with E-state index < -0.39 is 5.97 Å². The molecule has 1 aromatic rings. The van der Waals surface area contributed by atoms with Gasteiger partial charge in [0.05, 0.1) is 11.6 Å². The molecule has 0 spiro atoms. The molecule has 0 bridgehead atoms. The van der Waals surface area contributed by atoms with Gasteiger partial charge in [0.1, 0.15) is 0 Å². The van der Waals surface area contributed by atoms with Gasteiger partial charge in [-0.3, -0.25) is 4.79 Å². The molecule has 3 rings (SSSR count). The molecule has 1 fully saturated rings. The minimum atomic E-state index is -0.633. The number of nitrogens with zero attached hydrogens (tertiary/aromatic N) is 2. The predicted molar refractivity (Wildman–Crippen MR) is 78.7 cm³/mol. The Morgan fingerprint density at radius 3 is 2.80 bits per heavy atom. The first kappa shape index (κ1) is 13.4. The van der Waals surface area contributed by atoms with Gasteiger partial charge in [-0.25, -0.2) is 5.01 Å². The molecule has 2 heterocycles. The molecular formula is C16H22N2O2. The van der Waals surface area contributed by atoms with Crippen LogP contribution in [0.5, 0.6) is 0 Å². The van der Waals surface area contributed by atoms with E-state index in [0.717, 1.165) is 45.3 Å². The van der Waals surface area contributed by atoms with Gasteiger partial charge in [0.2, 0.25) is 0 Å². The lowest BCUT2D eigenvalue weighted by molar-refractivity contribution is -0.142. The molecule has 1 atom stereocenters. The SMILES string of the molecule is O=C(O)C1CCCN(N2CCCc3ccccc32)CC1. The summed E-state index contributed by atoms with van der Waals surface area (Å²) in [6.45, 7) is 2.87. The average molecular weight is 274 g/mol. The number of aliphatic carboxylic acids is 1. The van der Waals surface area contributed by atoms with Crippen LogP contribution in [-0.2, 0) is 11.2 Å². The number of hydrogen-bond donors (Lipinski definition) is 1.